The van der Waals surface area contributed by atoms with Gasteiger partial charge in [-0.25, -0.2) is 4.79 Å². The van der Waals surface area contributed by atoms with Gasteiger partial charge in [-0.3, -0.25) is 4.79 Å². The van der Waals surface area contributed by atoms with Crippen molar-refractivity contribution in [1.82, 2.24) is 10.2 Å². The lowest BCUT2D eigenvalue weighted by Crippen LogP contribution is -2.70. The van der Waals surface area contributed by atoms with E-state index in [0.717, 1.165) is 22.3 Å². The Morgan fingerprint density at radius 2 is 1.69 bits per heavy atom. The molecule has 3 N–H and O–H groups in total. The monoisotopic (exact) mass is 396 g/mol. The van der Waals surface area contributed by atoms with Crippen LogP contribution in [0.1, 0.15) is 24.0 Å². The first-order valence-corrected chi connectivity index (χ1v) is 9.67. The van der Waals surface area contributed by atoms with Crippen molar-refractivity contribution in [3.05, 3.63) is 59.7 Å². The quantitative estimate of drug-likeness (QED) is 0.711. The van der Waals surface area contributed by atoms with E-state index in [1.165, 1.54) is 4.90 Å². The predicted molar refractivity (Wildman–Crippen MR) is 106 cm³/mol. The fourth-order valence-corrected chi connectivity index (χ4v) is 3.95. The first-order chi connectivity index (χ1) is 13.9. The van der Waals surface area contributed by atoms with Crippen molar-refractivity contribution in [1.29, 1.82) is 0 Å². The number of hydrogen-bond donors (Lipinski definition) is 3. The molecule has 0 saturated carbocycles. The first kappa shape index (κ1) is 19.4. The summed E-state index contributed by atoms with van der Waals surface area (Å²) in [6.45, 7) is 1.33. The molecule has 1 fully saturated rings. The summed E-state index contributed by atoms with van der Waals surface area (Å²) in [7, 11) is 0. The third-order valence-electron chi connectivity index (χ3n) is 5.57. The van der Waals surface area contributed by atoms with Crippen molar-refractivity contribution >= 4 is 12.0 Å². The molecule has 152 valence electrons. The van der Waals surface area contributed by atoms with Gasteiger partial charge in [-0.1, -0.05) is 48.5 Å². The minimum absolute atomic E-state index is 0.0415. The van der Waals surface area contributed by atoms with Crippen molar-refractivity contribution in [3.63, 3.8) is 0 Å². The molecule has 4 rings (SSSR count). The highest BCUT2D eigenvalue weighted by molar-refractivity contribution is 5.89. The Bertz CT molecular complexity index is 893. The maximum absolute atomic E-state index is 12.4. The van der Waals surface area contributed by atoms with Crippen LogP contribution in [0.15, 0.2) is 48.5 Å². The number of amides is 2. The summed E-state index contributed by atoms with van der Waals surface area (Å²) in [5, 5.41) is 21.9. The Morgan fingerprint density at radius 3 is 2.24 bits per heavy atom. The Labute approximate surface area is 168 Å². The summed E-state index contributed by atoms with van der Waals surface area (Å²) >= 11 is 0. The van der Waals surface area contributed by atoms with Gasteiger partial charge in [0.25, 0.3) is 5.91 Å². The van der Waals surface area contributed by atoms with E-state index in [1.807, 2.05) is 36.4 Å². The molecule has 1 heterocycles. The summed E-state index contributed by atoms with van der Waals surface area (Å²) in [6.07, 6.45) is -0.556. The number of fused-ring (bicyclic) bond motifs is 3. The summed E-state index contributed by atoms with van der Waals surface area (Å²) in [4.78, 5) is 25.8. The number of likely N-dealkylation sites (tertiary alicyclic amines) is 1. The zero-order chi connectivity index (χ0) is 20.6. The maximum Gasteiger partial charge on any atom is 0.410 e. The summed E-state index contributed by atoms with van der Waals surface area (Å²) in [5.74, 6) is -0.637. The topological polar surface area (TPSA) is 99.1 Å². The van der Waals surface area contributed by atoms with Crippen LogP contribution >= 0.6 is 0 Å². The van der Waals surface area contributed by atoms with Gasteiger partial charge in [0.1, 0.15) is 6.61 Å². The van der Waals surface area contributed by atoms with Crippen molar-refractivity contribution in [2.45, 2.75) is 24.5 Å². The number of benzene rings is 2. The number of β-amino-alcohol motifs (C(OH)–C–C–N with tert-alkyl or cyclic N) is 1. The highest BCUT2D eigenvalue weighted by Crippen LogP contribution is 2.44. The molecule has 0 radical (unpaired) electrons. The fourth-order valence-electron chi connectivity index (χ4n) is 3.95. The Morgan fingerprint density at radius 1 is 1.14 bits per heavy atom. The molecular formula is C22H24N2O5. The number of carbonyl (C=O) groups excluding carboxylic acids is 2. The molecule has 2 aromatic carbocycles. The molecule has 0 aromatic heterocycles. The second-order valence-electron chi connectivity index (χ2n) is 7.75. The van der Waals surface area contributed by atoms with E-state index in [9.17, 15) is 14.7 Å². The minimum Gasteiger partial charge on any atom is -0.448 e. The average molecular weight is 396 g/mol. The first-order valence-electron chi connectivity index (χ1n) is 9.67. The third kappa shape index (κ3) is 3.47. The van der Waals surface area contributed by atoms with Crippen LogP contribution in [0.2, 0.25) is 0 Å². The molecule has 1 saturated heterocycles. The molecule has 0 bridgehead atoms. The SMILES string of the molecule is C[C@@H](CO)NC(=O)C1(O)CN(C(=O)OCC2c3ccccc3-c3ccccc32)C1. The van der Waals surface area contributed by atoms with Crippen LogP contribution in [0, 0.1) is 0 Å². The largest absolute Gasteiger partial charge is 0.448 e. The number of aliphatic hydroxyl groups excluding tert-OH is 1. The number of nitrogens with zero attached hydrogens (tertiary/aromatic N) is 1. The van der Waals surface area contributed by atoms with Crippen molar-refractivity contribution in [2.75, 3.05) is 26.3 Å². The maximum atomic E-state index is 12.4. The van der Waals surface area contributed by atoms with E-state index in [-0.39, 0.29) is 32.2 Å². The van der Waals surface area contributed by atoms with E-state index in [1.54, 1.807) is 6.92 Å². The van der Waals surface area contributed by atoms with E-state index in [0.29, 0.717) is 0 Å². The third-order valence-corrected chi connectivity index (χ3v) is 5.57. The second-order valence-corrected chi connectivity index (χ2v) is 7.75. The number of aliphatic hydroxyl groups is 2. The number of carbonyl (C=O) groups is 2. The van der Waals surface area contributed by atoms with Crippen LogP contribution in [0.3, 0.4) is 0 Å². The molecule has 29 heavy (non-hydrogen) atoms. The Balaban J connectivity index is 1.37. The lowest BCUT2D eigenvalue weighted by atomic mass is 9.93. The standard InChI is InChI=1S/C22H24N2O5/c1-14(10-25)23-20(26)22(28)12-24(13-22)21(27)29-11-19-17-8-4-2-6-15(17)16-7-3-5-9-18(16)19/h2-9,14,19,25,28H,10-13H2,1H3,(H,23,26)/t14-/m0/s1. The molecular weight excluding hydrogens is 372 g/mol. The highest BCUT2D eigenvalue weighted by atomic mass is 16.6. The van der Waals surface area contributed by atoms with Gasteiger partial charge >= 0.3 is 6.09 Å². The fraction of sp³-hybridized carbons (Fsp3) is 0.364. The van der Waals surface area contributed by atoms with Gasteiger partial charge in [-0.2, -0.15) is 0 Å². The molecule has 1 aliphatic carbocycles. The van der Waals surface area contributed by atoms with E-state index < -0.39 is 23.6 Å². The van der Waals surface area contributed by atoms with Crippen LogP contribution in [0.5, 0.6) is 0 Å². The molecule has 1 atom stereocenters. The molecule has 7 nitrogen and oxygen atoms in total. The highest BCUT2D eigenvalue weighted by Gasteiger charge is 2.50. The molecule has 0 spiro atoms. The molecule has 0 unspecified atom stereocenters. The summed E-state index contributed by atoms with van der Waals surface area (Å²) in [6, 6.07) is 15.7. The van der Waals surface area contributed by atoms with Gasteiger partial charge in [-0.05, 0) is 29.2 Å². The van der Waals surface area contributed by atoms with Crippen LogP contribution in [-0.2, 0) is 9.53 Å². The van der Waals surface area contributed by atoms with E-state index in [2.05, 4.69) is 17.4 Å². The average Bonchev–Trinajstić information content (AvgIpc) is 3.03. The van der Waals surface area contributed by atoms with Crippen molar-refractivity contribution in [2.24, 2.45) is 0 Å². The number of hydrogen-bond acceptors (Lipinski definition) is 5. The molecule has 2 aromatic rings. The molecule has 2 aliphatic rings. The van der Waals surface area contributed by atoms with Crippen LogP contribution in [-0.4, -0.2) is 65.1 Å². The minimum atomic E-state index is -1.64. The van der Waals surface area contributed by atoms with Gasteiger partial charge in [0.05, 0.1) is 19.7 Å². The number of nitrogens with one attached hydrogen (secondary N) is 1. The van der Waals surface area contributed by atoms with E-state index in [4.69, 9.17) is 9.84 Å². The molecule has 7 heteroatoms. The normalized spacial score (nSPS) is 17.7. The predicted octanol–water partition coefficient (Wildman–Crippen LogP) is 1.48. The molecule has 1 aliphatic heterocycles. The van der Waals surface area contributed by atoms with Crippen molar-refractivity contribution < 1.29 is 24.5 Å². The van der Waals surface area contributed by atoms with Gasteiger partial charge in [0.2, 0.25) is 0 Å². The number of rotatable bonds is 5. The lowest BCUT2D eigenvalue weighted by Gasteiger charge is -2.44. The van der Waals surface area contributed by atoms with Gasteiger partial charge < -0.3 is 25.2 Å². The zero-order valence-corrected chi connectivity index (χ0v) is 16.2. The van der Waals surface area contributed by atoms with E-state index >= 15 is 0 Å². The zero-order valence-electron chi connectivity index (χ0n) is 16.2. The molecule has 2 amide bonds. The van der Waals surface area contributed by atoms with Crippen LogP contribution in [0.4, 0.5) is 4.79 Å². The lowest BCUT2D eigenvalue weighted by molar-refractivity contribution is -0.157. The van der Waals surface area contributed by atoms with Gasteiger partial charge in [0.15, 0.2) is 5.60 Å². The van der Waals surface area contributed by atoms with Crippen LogP contribution in [0.25, 0.3) is 11.1 Å². The Kier molecular flexibility index (Phi) is 5.02. The van der Waals surface area contributed by atoms with Crippen LogP contribution < -0.4 is 5.32 Å². The Hall–Kier alpha value is -2.90. The second kappa shape index (κ2) is 7.50. The van der Waals surface area contributed by atoms with Gasteiger partial charge in [-0.15, -0.1) is 0 Å². The summed E-state index contributed by atoms with van der Waals surface area (Å²) < 4.78 is 5.52. The van der Waals surface area contributed by atoms with Gasteiger partial charge in [0, 0.05) is 12.0 Å². The smallest absolute Gasteiger partial charge is 0.410 e. The number of ether oxygens (including phenoxy) is 1. The summed E-state index contributed by atoms with van der Waals surface area (Å²) in [5.41, 5.74) is 2.90. The van der Waals surface area contributed by atoms with Crippen molar-refractivity contribution in [3.8, 4) is 11.1 Å².